The Hall–Kier alpha value is -1.18. The number of rotatable bonds is 15. The predicted octanol–water partition coefficient (Wildman–Crippen LogP) is 5.50. The van der Waals surface area contributed by atoms with E-state index in [4.69, 9.17) is 14.2 Å². The number of ether oxygens (including phenoxy) is 3. The van der Waals surface area contributed by atoms with E-state index in [2.05, 4.69) is 13.8 Å². The van der Waals surface area contributed by atoms with Gasteiger partial charge in [-0.15, -0.1) is 0 Å². The molecule has 0 bridgehead atoms. The van der Waals surface area contributed by atoms with Gasteiger partial charge >= 0.3 is 11.9 Å². The molecule has 35 heavy (non-hydrogen) atoms. The highest BCUT2D eigenvalue weighted by molar-refractivity contribution is 5.73. The van der Waals surface area contributed by atoms with Crippen LogP contribution in [-0.2, 0) is 23.8 Å². The Bertz CT molecular complexity index is 537. The molecule has 7 heteroatoms. The van der Waals surface area contributed by atoms with Crippen molar-refractivity contribution in [2.45, 2.75) is 148 Å². The van der Waals surface area contributed by atoms with Gasteiger partial charge in [-0.05, 0) is 77.6 Å². The van der Waals surface area contributed by atoms with Crippen molar-refractivity contribution >= 4 is 11.9 Å². The van der Waals surface area contributed by atoms with Crippen molar-refractivity contribution in [2.75, 3.05) is 6.61 Å². The van der Waals surface area contributed by atoms with Gasteiger partial charge in [0.1, 0.15) is 6.10 Å². The van der Waals surface area contributed by atoms with Crippen molar-refractivity contribution < 1.29 is 34.8 Å². The van der Waals surface area contributed by atoms with Crippen molar-refractivity contribution in [2.24, 2.45) is 11.8 Å². The van der Waals surface area contributed by atoms with Gasteiger partial charge in [0.2, 0.25) is 0 Å². The maximum absolute atomic E-state index is 12.7. The molecule has 2 fully saturated rings. The zero-order chi connectivity index (χ0) is 23.9. The fourth-order valence-corrected chi connectivity index (χ4v) is 5.13. The molecule has 0 spiro atoms. The lowest BCUT2D eigenvalue weighted by molar-refractivity contribution is -0.161. The molecular formula is C28H54O7. The van der Waals surface area contributed by atoms with Gasteiger partial charge in [0.25, 0.3) is 0 Å². The molecule has 4 N–H and O–H groups in total. The number of carbonyl (C=O) groups excluding carboxylic acids is 2. The lowest BCUT2D eigenvalue weighted by Crippen LogP contribution is -2.33. The predicted molar refractivity (Wildman–Crippen MR) is 139 cm³/mol. The number of esters is 2. The molecule has 0 aliphatic heterocycles. The average Bonchev–Trinajstić information content (AvgIpc) is 2.82. The van der Waals surface area contributed by atoms with E-state index in [0.717, 1.165) is 77.2 Å². The van der Waals surface area contributed by atoms with Gasteiger partial charge in [-0.2, -0.15) is 0 Å². The average molecular weight is 503 g/mol. The smallest absolute Gasteiger partial charge is 0.309 e. The van der Waals surface area contributed by atoms with E-state index in [0.29, 0.717) is 6.10 Å². The second-order valence-corrected chi connectivity index (χ2v) is 10.4. The van der Waals surface area contributed by atoms with Crippen LogP contribution in [0.2, 0.25) is 0 Å². The topological polar surface area (TPSA) is 125 Å². The van der Waals surface area contributed by atoms with Crippen LogP contribution in [0.5, 0.6) is 0 Å². The lowest BCUT2D eigenvalue weighted by atomic mass is 9.86. The van der Waals surface area contributed by atoms with Crippen LogP contribution in [0, 0.1) is 11.8 Å². The van der Waals surface area contributed by atoms with Crippen LogP contribution in [0.1, 0.15) is 130 Å². The summed E-state index contributed by atoms with van der Waals surface area (Å²) in [5, 5.41) is 0. The number of carbonyl (C=O) groups is 2. The number of hydrogen-bond donors (Lipinski definition) is 0. The third-order valence-electron chi connectivity index (χ3n) is 7.43. The summed E-state index contributed by atoms with van der Waals surface area (Å²) >= 11 is 0. The minimum Gasteiger partial charge on any atom is -0.462 e. The van der Waals surface area contributed by atoms with Gasteiger partial charge in [-0.1, -0.05) is 52.4 Å². The van der Waals surface area contributed by atoms with E-state index in [-0.39, 0.29) is 46.9 Å². The summed E-state index contributed by atoms with van der Waals surface area (Å²) < 4.78 is 17.5. The molecule has 0 aromatic heterocycles. The Morgan fingerprint density at radius 2 is 1.20 bits per heavy atom. The molecule has 2 aliphatic rings. The van der Waals surface area contributed by atoms with Crippen molar-refractivity contribution in [1.82, 2.24) is 0 Å². The molecule has 0 saturated heterocycles. The first-order chi connectivity index (χ1) is 16.0. The van der Waals surface area contributed by atoms with E-state index < -0.39 is 0 Å². The van der Waals surface area contributed by atoms with Crippen LogP contribution in [-0.4, -0.2) is 47.8 Å². The highest BCUT2D eigenvalue weighted by atomic mass is 16.5. The lowest BCUT2D eigenvalue weighted by Gasteiger charge is -2.31. The van der Waals surface area contributed by atoms with Crippen molar-refractivity contribution in [3.8, 4) is 0 Å². The SMILES string of the molecule is CCCCCCOC1CCC(C(=O)OC2CCC(C(=O)OC(C)CCCCCC)CC2)CC1.O.O. The van der Waals surface area contributed by atoms with E-state index in [9.17, 15) is 9.59 Å². The minimum atomic E-state index is -0.0595. The Morgan fingerprint density at radius 1 is 0.686 bits per heavy atom. The molecule has 0 aromatic rings. The zero-order valence-corrected chi connectivity index (χ0v) is 22.7. The van der Waals surface area contributed by atoms with E-state index in [1.54, 1.807) is 0 Å². The van der Waals surface area contributed by atoms with Gasteiger partial charge < -0.3 is 25.2 Å². The van der Waals surface area contributed by atoms with E-state index in [1.807, 2.05) is 6.92 Å². The molecule has 1 atom stereocenters. The maximum atomic E-state index is 12.7. The summed E-state index contributed by atoms with van der Waals surface area (Å²) in [6.07, 6.45) is 17.7. The first-order valence-electron chi connectivity index (χ1n) is 14.1. The van der Waals surface area contributed by atoms with Crippen molar-refractivity contribution in [3.63, 3.8) is 0 Å². The maximum Gasteiger partial charge on any atom is 0.309 e. The highest BCUT2D eigenvalue weighted by Crippen LogP contribution is 2.31. The van der Waals surface area contributed by atoms with Crippen molar-refractivity contribution in [3.05, 3.63) is 0 Å². The normalized spacial score (nSPS) is 25.0. The molecule has 1 unspecified atom stereocenters. The van der Waals surface area contributed by atoms with Gasteiger partial charge in [0, 0.05) is 6.61 Å². The molecule has 0 aromatic carbocycles. The largest absolute Gasteiger partial charge is 0.462 e. The van der Waals surface area contributed by atoms with E-state index in [1.165, 1.54) is 38.5 Å². The fraction of sp³-hybridized carbons (Fsp3) is 0.929. The van der Waals surface area contributed by atoms with Gasteiger partial charge in [0.15, 0.2) is 0 Å². The number of unbranched alkanes of at least 4 members (excludes halogenated alkanes) is 6. The van der Waals surface area contributed by atoms with Crippen LogP contribution in [0.15, 0.2) is 0 Å². The Labute approximate surface area is 213 Å². The first kappa shape index (κ1) is 33.8. The second-order valence-electron chi connectivity index (χ2n) is 10.4. The number of hydrogen-bond acceptors (Lipinski definition) is 5. The van der Waals surface area contributed by atoms with Crippen LogP contribution < -0.4 is 0 Å². The van der Waals surface area contributed by atoms with Gasteiger partial charge in [-0.25, -0.2) is 0 Å². The third-order valence-corrected chi connectivity index (χ3v) is 7.43. The van der Waals surface area contributed by atoms with Gasteiger partial charge in [0.05, 0.1) is 24.0 Å². The summed E-state index contributed by atoms with van der Waals surface area (Å²) in [6.45, 7) is 7.28. The van der Waals surface area contributed by atoms with Crippen LogP contribution in [0.3, 0.4) is 0 Å². The fourth-order valence-electron chi connectivity index (χ4n) is 5.13. The summed E-state index contributed by atoms with van der Waals surface area (Å²) in [5.41, 5.74) is 0. The van der Waals surface area contributed by atoms with Crippen LogP contribution >= 0.6 is 0 Å². The van der Waals surface area contributed by atoms with Crippen LogP contribution in [0.25, 0.3) is 0 Å². The molecule has 0 amide bonds. The Balaban J connectivity index is 0.00000578. The quantitative estimate of drug-likeness (QED) is 0.216. The molecule has 0 radical (unpaired) electrons. The van der Waals surface area contributed by atoms with Gasteiger partial charge in [-0.3, -0.25) is 9.59 Å². The molecule has 2 rings (SSSR count). The monoisotopic (exact) mass is 502 g/mol. The third kappa shape index (κ3) is 13.6. The standard InChI is InChI=1S/C28H50O5.2H2O/c1-4-6-8-10-12-22(3)32-27(29)23-15-19-26(20-16-23)33-28(30)24-13-17-25(18-14-24)31-21-11-9-7-5-2;;/h22-26H,4-21H2,1-3H3;2*1H2. The summed E-state index contributed by atoms with van der Waals surface area (Å²) in [5.74, 6) is -0.122. The highest BCUT2D eigenvalue weighted by Gasteiger charge is 2.33. The second kappa shape index (κ2) is 19.9. The zero-order valence-electron chi connectivity index (χ0n) is 22.7. The molecule has 0 heterocycles. The Kier molecular flexibility index (Phi) is 19.3. The van der Waals surface area contributed by atoms with Crippen molar-refractivity contribution in [1.29, 1.82) is 0 Å². The molecule has 2 aliphatic carbocycles. The Morgan fingerprint density at radius 3 is 1.77 bits per heavy atom. The first-order valence-corrected chi connectivity index (χ1v) is 14.1. The molecular weight excluding hydrogens is 448 g/mol. The van der Waals surface area contributed by atoms with Crippen LogP contribution in [0.4, 0.5) is 0 Å². The summed E-state index contributed by atoms with van der Waals surface area (Å²) in [7, 11) is 0. The summed E-state index contributed by atoms with van der Waals surface area (Å²) in [6, 6.07) is 0. The summed E-state index contributed by atoms with van der Waals surface area (Å²) in [4.78, 5) is 25.1. The van der Waals surface area contributed by atoms with E-state index >= 15 is 0 Å². The molecule has 7 nitrogen and oxygen atoms in total. The minimum absolute atomic E-state index is 0. The molecule has 208 valence electrons. The molecule has 2 saturated carbocycles.